The molecule has 13 heteroatoms. The highest BCUT2D eigenvalue weighted by molar-refractivity contribution is 6.11. The summed E-state index contributed by atoms with van der Waals surface area (Å²) in [6, 6.07) is 4.92. The number of aliphatic carboxylic acids is 1. The zero-order chi connectivity index (χ0) is 29.4. The van der Waals surface area contributed by atoms with Crippen molar-refractivity contribution in [3.05, 3.63) is 87.2 Å². The van der Waals surface area contributed by atoms with Crippen LogP contribution in [0.15, 0.2) is 47.3 Å². The highest BCUT2D eigenvalue weighted by atomic mass is 19.1. The fourth-order valence-corrected chi connectivity index (χ4v) is 3.98. The Hall–Kier alpha value is -4.23. The maximum Gasteiger partial charge on any atom is 0.320 e. The number of nitrogens with zero attached hydrogens (tertiary/aromatic N) is 1. The number of nitrogen functional groups attached to an aromatic ring is 1. The van der Waals surface area contributed by atoms with E-state index in [1.807, 2.05) is 0 Å². The summed E-state index contributed by atoms with van der Waals surface area (Å²) < 4.78 is 63.2. The van der Waals surface area contributed by atoms with E-state index in [0.717, 1.165) is 36.4 Å². The average molecular weight is 565 g/mol. The van der Waals surface area contributed by atoms with E-state index in [1.165, 1.54) is 0 Å². The second-order valence-corrected chi connectivity index (χ2v) is 8.83. The zero-order valence-corrected chi connectivity index (χ0v) is 21.3. The Morgan fingerprint density at radius 2 is 1.62 bits per heavy atom. The summed E-state index contributed by atoms with van der Waals surface area (Å²) in [5.74, 6) is -7.44. The van der Waals surface area contributed by atoms with E-state index in [9.17, 15) is 28.3 Å². The Morgan fingerprint density at radius 1 is 0.950 bits per heavy atom. The molecule has 1 atom stereocenters. The van der Waals surface area contributed by atoms with Gasteiger partial charge in [0.05, 0.1) is 17.7 Å². The highest BCUT2D eigenvalue weighted by Crippen LogP contribution is 2.27. The molecular formula is C27H28F4N4O5. The molecule has 40 heavy (non-hydrogen) atoms. The molecule has 0 aliphatic heterocycles. The molecule has 3 rings (SSSR count). The Bertz CT molecular complexity index is 1420. The molecule has 0 unspecified atom stereocenters. The third kappa shape index (κ3) is 7.24. The SMILES string of the molecule is NCCCC[C@H](NCCCOc1cc(F)c(-n2c(N)c(C(=O)c3ccc(F)cc3F)ccc2=O)c(F)c1)C(=O)O. The van der Waals surface area contributed by atoms with E-state index in [1.54, 1.807) is 0 Å². The number of hydrogen-bond donors (Lipinski definition) is 4. The monoisotopic (exact) mass is 564 g/mol. The fraction of sp³-hybridized carbons (Fsp3) is 0.296. The van der Waals surface area contributed by atoms with Gasteiger partial charge in [-0.1, -0.05) is 6.42 Å². The molecule has 0 saturated carbocycles. The third-order valence-electron chi connectivity index (χ3n) is 5.99. The van der Waals surface area contributed by atoms with Gasteiger partial charge in [0, 0.05) is 24.3 Å². The van der Waals surface area contributed by atoms with Crippen molar-refractivity contribution in [2.24, 2.45) is 5.73 Å². The number of carboxylic acids is 1. The van der Waals surface area contributed by atoms with E-state index in [0.29, 0.717) is 42.9 Å². The van der Waals surface area contributed by atoms with E-state index >= 15 is 8.78 Å². The lowest BCUT2D eigenvalue weighted by Gasteiger charge is -2.16. The second kappa shape index (κ2) is 13.7. The highest BCUT2D eigenvalue weighted by Gasteiger charge is 2.23. The van der Waals surface area contributed by atoms with Crippen molar-refractivity contribution >= 4 is 17.6 Å². The van der Waals surface area contributed by atoms with Crippen LogP contribution in [0.25, 0.3) is 5.69 Å². The number of carbonyl (C=O) groups excluding carboxylic acids is 1. The molecule has 9 nitrogen and oxygen atoms in total. The van der Waals surface area contributed by atoms with Crippen LogP contribution in [0.3, 0.4) is 0 Å². The molecule has 214 valence electrons. The van der Waals surface area contributed by atoms with Gasteiger partial charge >= 0.3 is 5.97 Å². The van der Waals surface area contributed by atoms with Crippen molar-refractivity contribution in [1.82, 2.24) is 9.88 Å². The van der Waals surface area contributed by atoms with Gasteiger partial charge in [0.1, 0.15) is 34.9 Å². The summed E-state index contributed by atoms with van der Waals surface area (Å²) in [4.78, 5) is 36.7. The Morgan fingerprint density at radius 3 is 2.25 bits per heavy atom. The van der Waals surface area contributed by atoms with Crippen molar-refractivity contribution in [1.29, 1.82) is 0 Å². The third-order valence-corrected chi connectivity index (χ3v) is 5.99. The summed E-state index contributed by atoms with van der Waals surface area (Å²) in [6.07, 6.45) is 2.07. The molecule has 6 N–H and O–H groups in total. The minimum absolute atomic E-state index is 0.00429. The van der Waals surface area contributed by atoms with Crippen LogP contribution in [-0.4, -0.2) is 47.2 Å². The van der Waals surface area contributed by atoms with Gasteiger partial charge in [0.15, 0.2) is 17.4 Å². The van der Waals surface area contributed by atoms with Gasteiger partial charge in [-0.3, -0.25) is 19.0 Å². The lowest BCUT2D eigenvalue weighted by Crippen LogP contribution is -2.37. The van der Waals surface area contributed by atoms with E-state index < -0.39 is 69.3 Å². The smallest absolute Gasteiger partial charge is 0.320 e. The number of hydrogen-bond acceptors (Lipinski definition) is 7. The Labute approximate surface area is 226 Å². The van der Waals surface area contributed by atoms with Crippen molar-refractivity contribution in [3.63, 3.8) is 0 Å². The van der Waals surface area contributed by atoms with Crippen LogP contribution in [0, 0.1) is 23.3 Å². The zero-order valence-electron chi connectivity index (χ0n) is 21.3. The predicted octanol–water partition coefficient (Wildman–Crippen LogP) is 3.15. The quantitative estimate of drug-likeness (QED) is 0.133. The largest absolute Gasteiger partial charge is 0.493 e. The lowest BCUT2D eigenvalue weighted by molar-refractivity contribution is -0.139. The van der Waals surface area contributed by atoms with Gasteiger partial charge in [0.25, 0.3) is 5.56 Å². The summed E-state index contributed by atoms with van der Waals surface area (Å²) >= 11 is 0. The van der Waals surface area contributed by atoms with Crippen LogP contribution >= 0.6 is 0 Å². The van der Waals surface area contributed by atoms with Crippen LogP contribution in [-0.2, 0) is 4.79 Å². The number of benzene rings is 2. The van der Waals surface area contributed by atoms with Crippen LogP contribution in [0.2, 0.25) is 0 Å². The summed E-state index contributed by atoms with van der Waals surface area (Å²) in [5.41, 5.74) is 8.52. The van der Waals surface area contributed by atoms with Gasteiger partial charge < -0.3 is 26.6 Å². The number of anilines is 1. The number of carbonyl (C=O) groups is 2. The number of rotatable bonds is 14. The maximum absolute atomic E-state index is 15.0. The normalized spacial score (nSPS) is 11.8. The number of aromatic nitrogens is 1. The number of unbranched alkanes of at least 4 members (excludes halogenated alkanes) is 1. The first-order valence-electron chi connectivity index (χ1n) is 12.3. The predicted molar refractivity (Wildman–Crippen MR) is 139 cm³/mol. The average Bonchev–Trinajstić information content (AvgIpc) is 2.88. The molecule has 0 radical (unpaired) electrons. The summed E-state index contributed by atoms with van der Waals surface area (Å²) in [6.45, 7) is 0.729. The number of nitrogens with two attached hydrogens (primary N) is 2. The minimum Gasteiger partial charge on any atom is -0.493 e. The number of ketones is 1. The summed E-state index contributed by atoms with van der Waals surface area (Å²) in [5, 5.41) is 12.1. The second-order valence-electron chi connectivity index (χ2n) is 8.83. The molecule has 2 aromatic carbocycles. The van der Waals surface area contributed by atoms with Gasteiger partial charge in [0.2, 0.25) is 0 Å². The minimum atomic E-state index is -1.23. The molecule has 0 aliphatic rings. The first-order chi connectivity index (χ1) is 19.0. The van der Waals surface area contributed by atoms with Gasteiger partial charge in [-0.05, 0) is 50.6 Å². The summed E-state index contributed by atoms with van der Waals surface area (Å²) in [7, 11) is 0. The number of ether oxygens (including phenoxy) is 1. The molecular weight excluding hydrogens is 536 g/mol. The molecule has 1 heterocycles. The number of carboxylic acid groups (broad SMARTS) is 1. The standard InChI is InChI=1S/C27H28F4N4O5/c28-15-5-6-17(19(29)12-15)25(37)18-7-8-23(36)35(26(18)33)24-20(30)13-16(14-21(24)31)40-11-3-10-34-22(27(38)39)4-1-2-9-32/h5-8,12-14,22,34H,1-4,9-11,32-33H2,(H,38,39)/t22-/m0/s1. The molecule has 1 aromatic heterocycles. The Kier molecular flexibility index (Phi) is 10.4. The Balaban J connectivity index is 1.75. The van der Waals surface area contributed by atoms with Gasteiger partial charge in [-0.15, -0.1) is 0 Å². The molecule has 0 spiro atoms. The molecule has 0 aliphatic carbocycles. The molecule has 3 aromatic rings. The van der Waals surface area contributed by atoms with Crippen LogP contribution in [0.1, 0.15) is 41.6 Å². The van der Waals surface area contributed by atoms with E-state index in [-0.39, 0.29) is 18.9 Å². The van der Waals surface area contributed by atoms with Crippen LogP contribution in [0.4, 0.5) is 23.4 Å². The fourth-order valence-electron chi connectivity index (χ4n) is 3.98. The van der Waals surface area contributed by atoms with Crippen molar-refractivity contribution < 1.29 is 37.0 Å². The van der Waals surface area contributed by atoms with E-state index in [4.69, 9.17) is 16.2 Å². The van der Waals surface area contributed by atoms with E-state index in [2.05, 4.69) is 5.32 Å². The molecule has 0 amide bonds. The number of halogens is 4. The van der Waals surface area contributed by atoms with Crippen molar-refractivity contribution in [2.45, 2.75) is 31.7 Å². The van der Waals surface area contributed by atoms with Crippen molar-refractivity contribution in [3.8, 4) is 11.4 Å². The first-order valence-corrected chi connectivity index (χ1v) is 12.3. The van der Waals surface area contributed by atoms with Crippen LogP contribution < -0.4 is 27.1 Å². The number of pyridine rings is 1. The lowest BCUT2D eigenvalue weighted by atomic mass is 10.0. The molecule has 0 bridgehead atoms. The first kappa shape index (κ1) is 30.3. The topological polar surface area (TPSA) is 150 Å². The number of nitrogens with one attached hydrogen (secondary N) is 1. The molecule has 0 saturated heterocycles. The van der Waals surface area contributed by atoms with Crippen molar-refractivity contribution in [2.75, 3.05) is 25.4 Å². The van der Waals surface area contributed by atoms with Crippen LogP contribution in [0.5, 0.6) is 5.75 Å². The molecule has 0 fully saturated rings. The van der Waals surface area contributed by atoms with Gasteiger partial charge in [-0.25, -0.2) is 17.6 Å². The maximum atomic E-state index is 15.0. The van der Waals surface area contributed by atoms with Gasteiger partial charge in [-0.2, -0.15) is 0 Å².